The van der Waals surface area contributed by atoms with E-state index in [1.807, 2.05) is 0 Å². The van der Waals surface area contributed by atoms with Gasteiger partial charge >= 0.3 is 0 Å². The third-order valence-corrected chi connectivity index (χ3v) is 4.30. The Balaban J connectivity index is 2.35. The van der Waals surface area contributed by atoms with E-state index in [-0.39, 0.29) is 5.31 Å². The molecule has 0 spiro atoms. The van der Waals surface area contributed by atoms with Gasteiger partial charge in [-0.3, -0.25) is 0 Å². The minimum atomic E-state index is 0.112. The van der Waals surface area contributed by atoms with Crippen LogP contribution in [0, 0.1) is 5.92 Å². The molecule has 0 heterocycles. The molecule has 92 valence electrons. The summed E-state index contributed by atoms with van der Waals surface area (Å²) in [7, 11) is 6.32. The van der Waals surface area contributed by atoms with Crippen molar-refractivity contribution >= 4 is 7.85 Å². The highest BCUT2D eigenvalue weighted by Crippen LogP contribution is 2.35. The van der Waals surface area contributed by atoms with Crippen molar-refractivity contribution in [2.45, 2.75) is 89.8 Å². The normalized spacial score (nSPS) is 35.0. The first kappa shape index (κ1) is 14.1. The fourth-order valence-corrected chi connectivity index (χ4v) is 2.95. The van der Waals surface area contributed by atoms with Gasteiger partial charge in [-0.05, 0) is 5.92 Å². The van der Waals surface area contributed by atoms with Crippen LogP contribution in [0.25, 0.3) is 0 Å². The Morgan fingerprint density at radius 3 is 2.06 bits per heavy atom. The van der Waals surface area contributed by atoms with Crippen molar-refractivity contribution in [2.75, 3.05) is 0 Å². The number of hydrogen-bond acceptors (Lipinski definition) is 0. The summed E-state index contributed by atoms with van der Waals surface area (Å²) in [5.74, 6) is 0.989. The summed E-state index contributed by atoms with van der Waals surface area (Å²) in [6, 6.07) is 0. The molecule has 1 saturated carbocycles. The first-order valence-corrected chi connectivity index (χ1v) is 7.43. The first-order chi connectivity index (χ1) is 7.64. The number of hydrogen-bond donors (Lipinski definition) is 0. The zero-order valence-corrected chi connectivity index (χ0v) is 11.4. The second-order valence-electron chi connectivity index (χ2n) is 6.13. The molecule has 0 aromatic heterocycles. The van der Waals surface area contributed by atoms with E-state index < -0.39 is 0 Å². The van der Waals surface area contributed by atoms with Crippen LogP contribution in [0.4, 0.5) is 0 Å². The molecule has 1 rings (SSSR count). The number of rotatable bonds is 1. The van der Waals surface area contributed by atoms with Gasteiger partial charge in [-0.2, -0.15) is 0 Å². The lowest BCUT2D eigenvalue weighted by Gasteiger charge is -2.26. The molecule has 0 aromatic carbocycles. The van der Waals surface area contributed by atoms with E-state index in [0.717, 1.165) is 5.92 Å². The zero-order chi connectivity index (χ0) is 11.9. The van der Waals surface area contributed by atoms with Crippen molar-refractivity contribution in [3.8, 4) is 0 Å². The Bertz CT molecular complexity index is 174. The Morgan fingerprint density at radius 1 is 0.938 bits per heavy atom. The highest BCUT2D eigenvalue weighted by atomic mass is 14.2. The van der Waals surface area contributed by atoms with Crippen LogP contribution >= 0.6 is 0 Å². The van der Waals surface area contributed by atoms with Crippen molar-refractivity contribution in [3.63, 3.8) is 0 Å². The smallest absolute Gasteiger partial charge is 0.0688 e. The predicted molar refractivity (Wildman–Crippen MR) is 74.1 cm³/mol. The summed E-state index contributed by atoms with van der Waals surface area (Å²) in [4.78, 5) is 0. The molecule has 0 aliphatic heterocycles. The Kier molecular flexibility index (Phi) is 6.54. The fourth-order valence-electron chi connectivity index (χ4n) is 2.95. The van der Waals surface area contributed by atoms with Gasteiger partial charge in [-0.1, -0.05) is 89.8 Å². The van der Waals surface area contributed by atoms with E-state index in [4.69, 9.17) is 7.85 Å². The third-order valence-electron chi connectivity index (χ3n) is 4.30. The van der Waals surface area contributed by atoms with Gasteiger partial charge in [-0.25, -0.2) is 0 Å². The maximum Gasteiger partial charge on any atom is 0.0742 e. The first-order valence-electron chi connectivity index (χ1n) is 7.43. The molecule has 0 saturated heterocycles. The molecular formula is C15H29B. The van der Waals surface area contributed by atoms with Gasteiger partial charge < -0.3 is 0 Å². The largest absolute Gasteiger partial charge is 0.0742 e. The molecule has 0 bridgehead atoms. The third kappa shape index (κ3) is 5.96. The summed E-state index contributed by atoms with van der Waals surface area (Å²) >= 11 is 0. The highest BCUT2D eigenvalue weighted by Gasteiger charge is 2.17. The van der Waals surface area contributed by atoms with Crippen molar-refractivity contribution < 1.29 is 0 Å². The van der Waals surface area contributed by atoms with Gasteiger partial charge in [0.05, 0.1) is 7.85 Å². The van der Waals surface area contributed by atoms with Gasteiger partial charge in [0.15, 0.2) is 0 Å². The molecule has 1 aliphatic rings. The molecule has 2 unspecified atom stereocenters. The Morgan fingerprint density at radius 2 is 1.44 bits per heavy atom. The van der Waals surface area contributed by atoms with Crippen molar-refractivity contribution in [2.24, 2.45) is 5.92 Å². The van der Waals surface area contributed by atoms with Crippen LogP contribution < -0.4 is 0 Å². The Labute approximate surface area is 104 Å². The Hall–Kier alpha value is 0.0649. The van der Waals surface area contributed by atoms with Crippen LogP contribution in [0.15, 0.2) is 0 Å². The van der Waals surface area contributed by atoms with E-state index in [1.54, 1.807) is 0 Å². The summed E-state index contributed by atoms with van der Waals surface area (Å²) in [6.45, 7) is 4.60. The van der Waals surface area contributed by atoms with E-state index in [9.17, 15) is 0 Å². The zero-order valence-electron chi connectivity index (χ0n) is 11.4. The lowest BCUT2D eigenvalue weighted by Crippen LogP contribution is -2.09. The molecular weight excluding hydrogens is 191 g/mol. The summed E-state index contributed by atoms with van der Waals surface area (Å²) < 4.78 is 0. The highest BCUT2D eigenvalue weighted by molar-refractivity contribution is 6.14. The average molecular weight is 220 g/mol. The minimum absolute atomic E-state index is 0.112. The van der Waals surface area contributed by atoms with E-state index >= 15 is 0 Å². The van der Waals surface area contributed by atoms with Gasteiger partial charge in [0, 0.05) is 0 Å². The SMILES string of the molecule is [B]C1(C)CCCCCCC(CC)CCCC1. The van der Waals surface area contributed by atoms with E-state index in [0.29, 0.717) is 0 Å². The van der Waals surface area contributed by atoms with Crippen LogP contribution in [0.3, 0.4) is 0 Å². The van der Waals surface area contributed by atoms with E-state index in [2.05, 4.69) is 13.8 Å². The lowest BCUT2D eigenvalue weighted by atomic mass is 9.64. The predicted octanol–water partition coefficient (Wildman–Crippen LogP) is 5.27. The van der Waals surface area contributed by atoms with Crippen LogP contribution in [-0.4, -0.2) is 7.85 Å². The van der Waals surface area contributed by atoms with Crippen molar-refractivity contribution in [1.82, 2.24) is 0 Å². The quantitative estimate of drug-likeness (QED) is 0.528. The van der Waals surface area contributed by atoms with Gasteiger partial charge in [-0.15, -0.1) is 0 Å². The van der Waals surface area contributed by atoms with Crippen molar-refractivity contribution in [3.05, 3.63) is 0 Å². The minimum Gasteiger partial charge on any atom is -0.0688 e. The molecule has 2 atom stereocenters. The second-order valence-corrected chi connectivity index (χ2v) is 6.13. The monoisotopic (exact) mass is 220 g/mol. The average Bonchev–Trinajstić information content (AvgIpc) is 2.24. The van der Waals surface area contributed by atoms with Crippen LogP contribution in [0.5, 0.6) is 0 Å². The summed E-state index contributed by atoms with van der Waals surface area (Å²) in [5.41, 5.74) is 0. The summed E-state index contributed by atoms with van der Waals surface area (Å²) in [6.07, 6.45) is 15.1. The van der Waals surface area contributed by atoms with E-state index in [1.165, 1.54) is 70.6 Å². The maximum absolute atomic E-state index is 6.32. The standard InChI is InChI=1S/C15H29B/c1-3-14-10-6-4-5-8-12-15(2,16)13-9-7-11-14/h14H,3-13H2,1-2H3. The molecule has 0 aromatic rings. The molecule has 1 heteroatoms. The molecule has 2 radical (unpaired) electrons. The lowest BCUT2D eigenvalue weighted by molar-refractivity contribution is 0.368. The molecule has 1 fully saturated rings. The van der Waals surface area contributed by atoms with Crippen LogP contribution in [-0.2, 0) is 0 Å². The molecule has 0 N–H and O–H groups in total. The van der Waals surface area contributed by atoms with Gasteiger partial charge in [0.1, 0.15) is 0 Å². The second kappa shape index (κ2) is 7.40. The van der Waals surface area contributed by atoms with Gasteiger partial charge in [0.2, 0.25) is 0 Å². The van der Waals surface area contributed by atoms with Gasteiger partial charge in [0.25, 0.3) is 0 Å². The van der Waals surface area contributed by atoms with Crippen molar-refractivity contribution in [1.29, 1.82) is 0 Å². The summed E-state index contributed by atoms with van der Waals surface area (Å²) in [5, 5.41) is 0.112. The molecule has 1 aliphatic carbocycles. The topological polar surface area (TPSA) is 0 Å². The van der Waals surface area contributed by atoms with Crippen LogP contribution in [0.2, 0.25) is 5.31 Å². The maximum atomic E-state index is 6.32. The molecule has 0 nitrogen and oxygen atoms in total. The van der Waals surface area contributed by atoms with Crippen LogP contribution in [0.1, 0.15) is 84.5 Å². The molecule has 0 amide bonds. The molecule has 16 heavy (non-hydrogen) atoms. The fraction of sp³-hybridized carbons (Fsp3) is 1.00.